The fourth-order valence-electron chi connectivity index (χ4n) is 4.07. The number of hydrogen-bond acceptors (Lipinski definition) is 8. The smallest absolute Gasteiger partial charge is 0.416 e. The number of fused-ring (bicyclic) bond motifs is 1. The normalized spacial score (nSPS) is 11.4. The number of ether oxygens (including phenoxy) is 2. The average molecular weight is 583 g/mol. The van der Waals surface area contributed by atoms with Crippen LogP contribution in [-0.2, 0) is 6.18 Å². The third-order valence-electron chi connectivity index (χ3n) is 6.09. The first-order valence-corrected chi connectivity index (χ1v) is 12.1. The van der Waals surface area contributed by atoms with Gasteiger partial charge in [-0.25, -0.2) is 0 Å². The lowest BCUT2D eigenvalue weighted by atomic mass is 10.1. The molecule has 0 aliphatic heterocycles. The number of pyridine rings is 1. The van der Waals surface area contributed by atoms with E-state index < -0.39 is 28.5 Å². The van der Waals surface area contributed by atoms with Crippen LogP contribution in [-0.4, -0.2) is 18.0 Å². The van der Waals surface area contributed by atoms with Gasteiger partial charge >= 0.3 is 6.18 Å². The first-order valence-electron chi connectivity index (χ1n) is 11.7. The Morgan fingerprint density at radius 2 is 1.68 bits per heavy atom. The van der Waals surface area contributed by atoms with E-state index >= 15 is 0 Å². The molecule has 0 unspecified atom stereocenters. The van der Waals surface area contributed by atoms with Gasteiger partial charge in [-0.05, 0) is 42.5 Å². The summed E-state index contributed by atoms with van der Waals surface area (Å²) in [4.78, 5) is 40.6. The van der Waals surface area contributed by atoms with E-state index in [9.17, 15) is 27.6 Å². The van der Waals surface area contributed by atoms with Crippen LogP contribution in [0.4, 0.5) is 35.9 Å². The molecule has 0 atom stereocenters. The number of anilines is 4. The highest BCUT2D eigenvalue weighted by Gasteiger charge is 2.31. The molecule has 1 aromatic heterocycles. The van der Waals surface area contributed by atoms with Crippen molar-refractivity contribution in [3.8, 4) is 17.2 Å². The molecule has 0 aliphatic rings. The first-order chi connectivity index (χ1) is 19.5. The summed E-state index contributed by atoms with van der Waals surface area (Å²) in [6.07, 6.45) is -3.08. The van der Waals surface area contributed by atoms with E-state index in [2.05, 4.69) is 15.6 Å². The zero-order valence-electron chi connectivity index (χ0n) is 20.9. The maximum Gasteiger partial charge on any atom is 0.416 e. The Morgan fingerprint density at radius 3 is 2.34 bits per heavy atom. The van der Waals surface area contributed by atoms with Crippen molar-refractivity contribution >= 4 is 51.2 Å². The van der Waals surface area contributed by atoms with Crippen molar-refractivity contribution in [2.45, 2.75) is 6.18 Å². The van der Waals surface area contributed by atoms with Crippen LogP contribution in [0, 0.1) is 0 Å². The second-order valence-corrected chi connectivity index (χ2v) is 9.13. The molecule has 0 bridgehead atoms. The van der Waals surface area contributed by atoms with Crippen molar-refractivity contribution in [2.24, 2.45) is 5.73 Å². The van der Waals surface area contributed by atoms with Crippen molar-refractivity contribution in [3.63, 3.8) is 0 Å². The number of carbonyl (C=O) groups excluding carboxylic acids is 1. The predicted molar refractivity (Wildman–Crippen MR) is 148 cm³/mol. The van der Waals surface area contributed by atoms with Gasteiger partial charge in [0, 0.05) is 29.4 Å². The van der Waals surface area contributed by atoms with E-state index in [4.69, 9.17) is 26.8 Å². The van der Waals surface area contributed by atoms with Gasteiger partial charge < -0.3 is 25.8 Å². The number of rotatable bonds is 8. The number of aromatic nitrogens is 1. The minimum atomic E-state index is -4.58. The van der Waals surface area contributed by atoms with Gasteiger partial charge in [-0.3, -0.25) is 19.4 Å². The number of nitrogens with two attached hydrogens (primary N) is 1. The van der Waals surface area contributed by atoms with Crippen LogP contribution in [0.15, 0.2) is 76.4 Å². The highest BCUT2D eigenvalue weighted by Crippen LogP contribution is 2.37. The third-order valence-corrected chi connectivity index (χ3v) is 6.40. The highest BCUT2D eigenvalue weighted by molar-refractivity contribution is 6.33. The van der Waals surface area contributed by atoms with E-state index in [1.807, 2.05) is 0 Å². The third kappa shape index (κ3) is 5.37. The summed E-state index contributed by atoms with van der Waals surface area (Å²) >= 11 is 6.41. The lowest BCUT2D eigenvalue weighted by molar-refractivity contribution is -0.137. The highest BCUT2D eigenvalue weighted by atomic mass is 35.5. The van der Waals surface area contributed by atoms with Crippen LogP contribution >= 0.6 is 11.6 Å². The fraction of sp³-hybridized carbons (Fsp3) is 0.0714. The summed E-state index contributed by atoms with van der Waals surface area (Å²) in [5.41, 5.74) is 3.28. The Kier molecular flexibility index (Phi) is 7.01. The first kappa shape index (κ1) is 27.5. The Morgan fingerprint density at radius 1 is 0.951 bits per heavy atom. The van der Waals surface area contributed by atoms with Crippen LogP contribution in [0.2, 0.25) is 5.02 Å². The number of nitrogens with one attached hydrogen (secondary N) is 2. The van der Waals surface area contributed by atoms with Gasteiger partial charge in [-0.1, -0.05) is 17.7 Å². The average Bonchev–Trinajstić information content (AvgIpc) is 2.94. The molecular formula is C28H18ClF3N4O5. The Hall–Kier alpha value is -5.10. The maximum absolute atomic E-state index is 13.1. The van der Waals surface area contributed by atoms with Gasteiger partial charge in [0.15, 0.2) is 0 Å². The SMILES string of the molecule is COc1cc2nccc(Oc3ccc(Nc4c(Nc5cccc(C(F)(F)F)c5)c(=O)c4=O)c(Cl)c3)c2cc1C(N)=O. The van der Waals surface area contributed by atoms with Crippen LogP contribution in [0.3, 0.4) is 0 Å². The van der Waals surface area contributed by atoms with Crippen LogP contribution in [0.25, 0.3) is 10.9 Å². The zero-order chi connectivity index (χ0) is 29.5. The number of hydrogen-bond donors (Lipinski definition) is 3. The molecule has 0 aliphatic carbocycles. The van der Waals surface area contributed by atoms with Gasteiger partial charge in [0.05, 0.1) is 34.5 Å². The zero-order valence-corrected chi connectivity index (χ0v) is 21.7. The molecule has 4 N–H and O–H groups in total. The second kappa shape index (κ2) is 10.5. The molecule has 0 saturated carbocycles. The van der Waals surface area contributed by atoms with Crippen molar-refractivity contribution in [2.75, 3.05) is 17.7 Å². The molecule has 5 rings (SSSR count). The largest absolute Gasteiger partial charge is 0.496 e. The van der Waals surface area contributed by atoms with E-state index in [0.29, 0.717) is 16.7 Å². The van der Waals surface area contributed by atoms with Crippen LogP contribution in [0.1, 0.15) is 15.9 Å². The molecule has 41 heavy (non-hydrogen) atoms. The van der Waals surface area contributed by atoms with Crippen molar-refractivity contribution in [3.05, 3.63) is 103 Å². The summed E-state index contributed by atoms with van der Waals surface area (Å²) in [6.45, 7) is 0. The van der Waals surface area contributed by atoms with Gasteiger partial charge in [-0.2, -0.15) is 13.2 Å². The number of halogens is 4. The topological polar surface area (TPSA) is 133 Å². The molecule has 208 valence electrons. The standard InChI is InChI=1S/C28H18ClF3N4O5/c1-40-22-12-20-16(11-17(22)27(33)39)21(7-8-34-20)41-15-5-6-19(18(29)10-15)36-24-23(25(37)26(24)38)35-14-4-2-3-13(9-14)28(30,31)32/h2-12,35-36H,1H3,(H2,33,39). The van der Waals surface area contributed by atoms with E-state index in [1.54, 1.807) is 12.1 Å². The number of carbonyl (C=O) groups is 1. The summed E-state index contributed by atoms with van der Waals surface area (Å²) in [7, 11) is 1.40. The number of benzene rings is 3. The van der Waals surface area contributed by atoms with Crippen molar-refractivity contribution in [1.29, 1.82) is 0 Å². The predicted octanol–water partition coefficient (Wildman–Crippen LogP) is 5.89. The molecule has 1 heterocycles. The number of alkyl halides is 3. The molecule has 9 nitrogen and oxygen atoms in total. The lowest BCUT2D eigenvalue weighted by Gasteiger charge is -2.17. The number of amides is 1. The molecule has 0 fully saturated rings. The summed E-state index contributed by atoms with van der Waals surface area (Å²) < 4.78 is 50.3. The summed E-state index contributed by atoms with van der Waals surface area (Å²) in [5, 5.41) is 5.92. The Bertz CT molecular complexity index is 1900. The fourth-order valence-corrected chi connectivity index (χ4v) is 4.29. The molecule has 0 radical (unpaired) electrons. The van der Waals surface area contributed by atoms with Gasteiger partial charge in [-0.15, -0.1) is 0 Å². The lowest BCUT2D eigenvalue weighted by Crippen LogP contribution is -2.35. The van der Waals surface area contributed by atoms with Gasteiger partial charge in [0.1, 0.15) is 28.6 Å². The quantitative estimate of drug-likeness (QED) is 0.193. The number of primary amides is 1. The number of methoxy groups -OCH3 is 1. The summed E-state index contributed by atoms with van der Waals surface area (Å²) in [6, 6.07) is 13.3. The van der Waals surface area contributed by atoms with Crippen LogP contribution < -0.4 is 36.7 Å². The van der Waals surface area contributed by atoms with Gasteiger partial charge in [0.2, 0.25) is 0 Å². The molecular weight excluding hydrogens is 565 g/mol. The molecule has 1 amide bonds. The molecule has 0 spiro atoms. The maximum atomic E-state index is 13.1. The summed E-state index contributed by atoms with van der Waals surface area (Å²) in [5.74, 6) is 0.189. The Labute approximate surface area is 234 Å². The molecule has 4 aromatic carbocycles. The van der Waals surface area contributed by atoms with E-state index in [-0.39, 0.29) is 44.8 Å². The molecule has 0 saturated heterocycles. The van der Waals surface area contributed by atoms with Crippen LogP contribution in [0.5, 0.6) is 17.2 Å². The van der Waals surface area contributed by atoms with Crippen molar-refractivity contribution in [1.82, 2.24) is 4.98 Å². The Balaban J connectivity index is 1.39. The number of nitrogens with zero attached hydrogens (tertiary/aromatic N) is 1. The molecule has 13 heteroatoms. The van der Waals surface area contributed by atoms with Crippen molar-refractivity contribution < 1.29 is 27.4 Å². The minimum Gasteiger partial charge on any atom is -0.496 e. The second-order valence-electron chi connectivity index (χ2n) is 8.72. The van der Waals surface area contributed by atoms with Gasteiger partial charge in [0.25, 0.3) is 16.8 Å². The monoisotopic (exact) mass is 582 g/mol. The molecule has 5 aromatic rings. The minimum absolute atomic E-state index is 0.0217. The van der Waals surface area contributed by atoms with E-state index in [1.165, 1.54) is 49.7 Å². The van der Waals surface area contributed by atoms with E-state index in [0.717, 1.165) is 12.1 Å².